The maximum Gasteiger partial charge on any atom is 0.119 e. The van der Waals surface area contributed by atoms with Gasteiger partial charge in [-0.05, 0) is 30.5 Å². The van der Waals surface area contributed by atoms with Gasteiger partial charge < -0.3 is 20.1 Å². The molecule has 1 aliphatic carbocycles. The van der Waals surface area contributed by atoms with Crippen LogP contribution in [0.25, 0.3) is 0 Å². The Morgan fingerprint density at radius 3 is 2.63 bits per heavy atom. The molecule has 0 amide bonds. The lowest BCUT2D eigenvalue weighted by Gasteiger charge is -2.45. The molecule has 7 heteroatoms. The molecule has 0 spiro atoms. The number of piperazine rings is 2. The summed E-state index contributed by atoms with van der Waals surface area (Å²) in [6.45, 7) is 6.72. The zero-order chi connectivity index (χ0) is 21.0. The van der Waals surface area contributed by atoms with Crippen molar-refractivity contribution in [2.45, 2.75) is 55.3 Å². The highest BCUT2D eigenvalue weighted by molar-refractivity contribution is 6.20. The Morgan fingerprint density at radius 2 is 1.93 bits per heavy atom. The molecule has 3 atom stereocenters. The smallest absolute Gasteiger partial charge is 0.119 e. The van der Waals surface area contributed by atoms with E-state index in [2.05, 4.69) is 38.6 Å². The minimum atomic E-state index is -0.623. The average Bonchev–Trinajstić information content (AvgIpc) is 2.78. The monoisotopic (exact) mass is 436 g/mol. The van der Waals surface area contributed by atoms with Crippen LogP contribution in [0.3, 0.4) is 0 Å². The van der Waals surface area contributed by atoms with Crippen LogP contribution in [0.1, 0.15) is 43.6 Å². The van der Waals surface area contributed by atoms with E-state index in [1.165, 1.54) is 12.0 Å². The van der Waals surface area contributed by atoms with E-state index >= 15 is 0 Å². The topological polar surface area (TPSA) is 60.0 Å². The van der Waals surface area contributed by atoms with Crippen LogP contribution in [0.4, 0.5) is 0 Å². The summed E-state index contributed by atoms with van der Waals surface area (Å²) in [5.41, 5.74) is 0.576. The van der Waals surface area contributed by atoms with Crippen molar-refractivity contribution in [3.05, 3.63) is 29.8 Å². The molecule has 1 aromatic rings. The summed E-state index contributed by atoms with van der Waals surface area (Å²) in [5.74, 6) is 0.981. The van der Waals surface area contributed by atoms with E-state index in [-0.39, 0.29) is 11.4 Å². The lowest BCUT2D eigenvalue weighted by Crippen LogP contribution is -2.63. The molecule has 6 nitrogen and oxygen atoms in total. The molecule has 3 N–H and O–H groups in total. The summed E-state index contributed by atoms with van der Waals surface area (Å²) >= 11 is 6.27. The van der Waals surface area contributed by atoms with Gasteiger partial charge in [-0.15, -0.1) is 11.6 Å². The van der Waals surface area contributed by atoms with Gasteiger partial charge in [-0.2, -0.15) is 0 Å². The van der Waals surface area contributed by atoms with Gasteiger partial charge in [0.25, 0.3) is 0 Å². The molecule has 30 heavy (non-hydrogen) atoms. The van der Waals surface area contributed by atoms with Crippen molar-refractivity contribution in [3.63, 3.8) is 0 Å². The summed E-state index contributed by atoms with van der Waals surface area (Å²) in [6.07, 6.45) is 5.55. The number of methoxy groups -OCH3 is 1. The third-order valence-corrected chi connectivity index (χ3v) is 7.47. The van der Waals surface area contributed by atoms with E-state index < -0.39 is 5.60 Å². The second-order valence-corrected chi connectivity index (χ2v) is 9.67. The molecule has 0 aromatic heterocycles. The molecule has 3 aliphatic rings. The highest BCUT2D eigenvalue weighted by atomic mass is 35.5. The Kier molecular flexibility index (Phi) is 7.55. The standard InChI is InChI=1S/C23H37ClN4O2/c1-30-19-7-5-6-18(14-19)20(23(29)8-3-2-4-9-23)17-27-10-12-28(13-11-27)22-16-25-15-21(24)26-22/h5-7,14,20-22,25-26,29H,2-4,8-13,15-17H2,1H3. The van der Waals surface area contributed by atoms with E-state index in [9.17, 15) is 5.11 Å². The number of hydrogen-bond donors (Lipinski definition) is 3. The fourth-order valence-electron chi connectivity index (χ4n) is 5.38. The fraction of sp³-hybridized carbons (Fsp3) is 0.739. The Balaban J connectivity index is 1.43. The van der Waals surface area contributed by atoms with Crippen molar-refractivity contribution in [2.75, 3.05) is 52.9 Å². The molecule has 168 valence electrons. The van der Waals surface area contributed by atoms with Crippen molar-refractivity contribution >= 4 is 11.6 Å². The quantitative estimate of drug-likeness (QED) is 0.469. The third kappa shape index (κ3) is 5.29. The van der Waals surface area contributed by atoms with E-state index in [0.29, 0.717) is 6.17 Å². The van der Waals surface area contributed by atoms with Gasteiger partial charge in [-0.3, -0.25) is 10.2 Å². The van der Waals surface area contributed by atoms with Crippen molar-refractivity contribution in [2.24, 2.45) is 0 Å². The van der Waals surface area contributed by atoms with Gasteiger partial charge in [-0.25, -0.2) is 0 Å². The summed E-state index contributed by atoms with van der Waals surface area (Å²) in [4.78, 5) is 5.02. The van der Waals surface area contributed by atoms with Gasteiger partial charge in [0, 0.05) is 51.7 Å². The maximum atomic E-state index is 11.7. The molecule has 1 aromatic carbocycles. The van der Waals surface area contributed by atoms with Crippen LogP contribution in [-0.2, 0) is 0 Å². The molecular weight excluding hydrogens is 400 g/mol. The first kappa shape index (κ1) is 22.3. The van der Waals surface area contributed by atoms with E-state index in [1.807, 2.05) is 6.07 Å². The number of benzene rings is 1. The summed E-state index contributed by atoms with van der Waals surface area (Å²) in [7, 11) is 1.71. The van der Waals surface area contributed by atoms with Gasteiger partial charge in [0.1, 0.15) is 5.75 Å². The number of ether oxygens (including phenoxy) is 1. The summed E-state index contributed by atoms with van der Waals surface area (Å²) in [6, 6.07) is 8.31. The maximum absolute atomic E-state index is 11.7. The largest absolute Gasteiger partial charge is 0.497 e. The lowest BCUT2D eigenvalue weighted by atomic mass is 9.72. The lowest BCUT2D eigenvalue weighted by molar-refractivity contribution is -0.0361. The van der Waals surface area contributed by atoms with Crippen molar-refractivity contribution in [3.8, 4) is 5.75 Å². The zero-order valence-corrected chi connectivity index (χ0v) is 18.9. The predicted octanol–water partition coefficient (Wildman–Crippen LogP) is 2.18. The molecule has 3 fully saturated rings. The second-order valence-electron chi connectivity index (χ2n) is 9.14. The van der Waals surface area contributed by atoms with Gasteiger partial charge in [-0.1, -0.05) is 31.4 Å². The Labute approximate surface area is 185 Å². The summed E-state index contributed by atoms with van der Waals surface area (Å²) < 4.78 is 5.48. The molecule has 2 saturated heterocycles. The van der Waals surface area contributed by atoms with E-state index in [4.69, 9.17) is 16.3 Å². The normalized spacial score (nSPS) is 29.4. The molecule has 0 bridgehead atoms. The molecule has 1 saturated carbocycles. The third-order valence-electron chi connectivity index (χ3n) is 7.19. The minimum absolute atomic E-state index is 0.000213. The number of halogens is 1. The van der Waals surface area contributed by atoms with Crippen LogP contribution in [0.15, 0.2) is 24.3 Å². The van der Waals surface area contributed by atoms with Crippen molar-refractivity contribution in [1.82, 2.24) is 20.4 Å². The van der Waals surface area contributed by atoms with Crippen LogP contribution in [-0.4, -0.2) is 85.1 Å². The highest BCUT2D eigenvalue weighted by Crippen LogP contribution is 2.41. The number of rotatable bonds is 6. The molecule has 2 heterocycles. The average molecular weight is 437 g/mol. The van der Waals surface area contributed by atoms with Crippen molar-refractivity contribution < 1.29 is 9.84 Å². The molecule has 0 radical (unpaired) electrons. The minimum Gasteiger partial charge on any atom is -0.497 e. The van der Waals surface area contributed by atoms with Gasteiger partial charge in [0.2, 0.25) is 0 Å². The Bertz CT molecular complexity index is 677. The first-order chi connectivity index (χ1) is 14.6. The highest BCUT2D eigenvalue weighted by Gasteiger charge is 2.40. The van der Waals surface area contributed by atoms with Gasteiger partial charge in [0.15, 0.2) is 0 Å². The van der Waals surface area contributed by atoms with Crippen LogP contribution >= 0.6 is 11.6 Å². The first-order valence-corrected chi connectivity index (χ1v) is 11.9. The molecular formula is C23H37ClN4O2. The summed E-state index contributed by atoms with van der Waals surface area (Å²) in [5, 5.41) is 18.6. The molecule has 4 rings (SSSR count). The van der Waals surface area contributed by atoms with Gasteiger partial charge in [0.05, 0.1) is 24.4 Å². The van der Waals surface area contributed by atoms with Crippen LogP contribution in [0.5, 0.6) is 5.75 Å². The molecule has 2 aliphatic heterocycles. The van der Waals surface area contributed by atoms with E-state index in [1.54, 1.807) is 7.11 Å². The second kappa shape index (κ2) is 10.2. The Hall–Kier alpha value is -0.890. The molecule has 3 unspecified atom stereocenters. The first-order valence-electron chi connectivity index (χ1n) is 11.5. The SMILES string of the molecule is COc1cccc(C(CN2CCN(C3CNCC(Cl)N3)CC2)C2(O)CCCCC2)c1. The van der Waals surface area contributed by atoms with Crippen LogP contribution in [0, 0.1) is 0 Å². The fourth-order valence-corrected chi connectivity index (χ4v) is 5.63. The predicted molar refractivity (Wildman–Crippen MR) is 121 cm³/mol. The van der Waals surface area contributed by atoms with Crippen LogP contribution < -0.4 is 15.4 Å². The number of nitrogens with zero attached hydrogens (tertiary/aromatic N) is 2. The van der Waals surface area contributed by atoms with E-state index in [0.717, 1.165) is 77.2 Å². The Morgan fingerprint density at radius 1 is 1.17 bits per heavy atom. The zero-order valence-electron chi connectivity index (χ0n) is 18.2. The number of aliphatic hydroxyl groups is 1. The van der Waals surface area contributed by atoms with Crippen molar-refractivity contribution in [1.29, 1.82) is 0 Å². The number of alkyl halides is 1. The van der Waals surface area contributed by atoms with Gasteiger partial charge >= 0.3 is 0 Å². The number of nitrogens with one attached hydrogen (secondary N) is 2. The number of hydrogen-bond acceptors (Lipinski definition) is 6. The van der Waals surface area contributed by atoms with Crippen LogP contribution in [0.2, 0.25) is 0 Å².